The lowest BCUT2D eigenvalue weighted by Crippen LogP contribution is -2.29. The Morgan fingerprint density at radius 1 is 1.45 bits per heavy atom. The molecule has 2 heterocycles. The van der Waals surface area contributed by atoms with Gasteiger partial charge in [0.05, 0.1) is 13.7 Å². The molecule has 0 bridgehead atoms. The van der Waals surface area contributed by atoms with E-state index in [1.165, 1.54) is 11.3 Å². The number of carbonyl (C=O) groups excluding carboxylic acids is 1. The first-order valence-electron chi connectivity index (χ1n) is 9.20. The maximum absolute atomic E-state index is 12.7. The predicted octanol–water partition coefficient (Wildman–Crippen LogP) is 4.10. The molecule has 0 N–H and O–H groups in total. The SMILES string of the molecule is CCOC(=O)c1csc([C@H]2C/C(=N/[S+]([O-])C(C)(C)C)c3ccc(OC)cc3O2)n1. The van der Waals surface area contributed by atoms with Gasteiger partial charge in [0.2, 0.25) is 0 Å². The molecule has 0 radical (unpaired) electrons. The van der Waals surface area contributed by atoms with Crippen LogP contribution in [0.1, 0.15) is 61.3 Å². The molecule has 156 valence electrons. The first-order valence-corrected chi connectivity index (χ1v) is 11.2. The second-order valence-corrected chi connectivity index (χ2v) is 10.2. The summed E-state index contributed by atoms with van der Waals surface area (Å²) < 4.78 is 33.1. The lowest BCUT2D eigenvalue weighted by atomic mass is 10.00. The van der Waals surface area contributed by atoms with Crippen molar-refractivity contribution in [3.8, 4) is 11.5 Å². The van der Waals surface area contributed by atoms with Crippen molar-refractivity contribution in [3.05, 3.63) is 39.8 Å². The van der Waals surface area contributed by atoms with Gasteiger partial charge in [-0.1, -0.05) is 4.40 Å². The largest absolute Gasteiger partial charge is 0.591 e. The van der Waals surface area contributed by atoms with E-state index >= 15 is 0 Å². The molecule has 9 heteroatoms. The van der Waals surface area contributed by atoms with E-state index in [9.17, 15) is 9.35 Å². The third kappa shape index (κ3) is 4.91. The van der Waals surface area contributed by atoms with Crippen LogP contribution in [0.5, 0.6) is 11.5 Å². The lowest BCUT2D eigenvalue weighted by Gasteiger charge is -2.27. The number of nitrogens with zero attached hydrogens (tertiary/aromatic N) is 2. The van der Waals surface area contributed by atoms with Crippen molar-refractivity contribution in [2.45, 2.75) is 45.0 Å². The average molecular weight is 437 g/mol. The Morgan fingerprint density at radius 3 is 2.86 bits per heavy atom. The van der Waals surface area contributed by atoms with Crippen LogP contribution in [0, 0.1) is 0 Å². The van der Waals surface area contributed by atoms with Gasteiger partial charge in [-0.15, -0.1) is 11.3 Å². The van der Waals surface area contributed by atoms with E-state index < -0.39 is 28.2 Å². The number of esters is 1. The van der Waals surface area contributed by atoms with Gasteiger partial charge in [-0.05, 0) is 39.8 Å². The minimum Gasteiger partial charge on any atom is -0.591 e. The van der Waals surface area contributed by atoms with Gasteiger partial charge in [0.25, 0.3) is 0 Å². The van der Waals surface area contributed by atoms with Crippen LogP contribution in [-0.4, -0.2) is 39.7 Å². The Morgan fingerprint density at radius 2 is 2.21 bits per heavy atom. The molecule has 0 spiro atoms. The summed E-state index contributed by atoms with van der Waals surface area (Å²) in [5.41, 5.74) is 1.71. The van der Waals surface area contributed by atoms with E-state index in [0.717, 1.165) is 5.56 Å². The molecule has 3 rings (SSSR count). The van der Waals surface area contributed by atoms with Crippen molar-refractivity contribution >= 4 is 34.4 Å². The summed E-state index contributed by atoms with van der Waals surface area (Å²) in [6.07, 6.45) is -0.0461. The standard InChI is InChI=1S/C20H24N2O5S2/c1-6-26-19(23)15-11-28-18(21-15)17-10-14(22-29(24)20(2,3)4)13-8-7-12(25-5)9-16(13)27-17/h7-9,11,17H,6,10H2,1-5H3/b22-14-/t17-,29?/m1/s1. The molecule has 0 amide bonds. The second kappa shape index (κ2) is 8.73. The normalized spacial score (nSPS) is 18.7. The van der Waals surface area contributed by atoms with Crippen molar-refractivity contribution in [2.75, 3.05) is 13.7 Å². The smallest absolute Gasteiger partial charge is 0.357 e. The summed E-state index contributed by atoms with van der Waals surface area (Å²) in [5, 5.41) is 2.29. The number of rotatable bonds is 5. The highest BCUT2D eigenvalue weighted by atomic mass is 32.2. The molecule has 1 aliphatic heterocycles. The Labute approximate surface area is 177 Å². The fourth-order valence-corrected chi connectivity index (χ4v) is 4.10. The molecule has 1 aromatic carbocycles. The van der Waals surface area contributed by atoms with Crippen molar-refractivity contribution in [1.82, 2.24) is 4.98 Å². The van der Waals surface area contributed by atoms with Crippen molar-refractivity contribution in [2.24, 2.45) is 4.40 Å². The molecule has 0 saturated carbocycles. The first-order chi connectivity index (χ1) is 13.7. The predicted molar refractivity (Wildman–Crippen MR) is 113 cm³/mol. The molecule has 1 aromatic heterocycles. The molecule has 2 atom stereocenters. The maximum Gasteiger partial charge on any atom is 0.357 e. The zero-order valence-electron chi connectivity index (χ0n) is 17.1. The van der Waals surface area contributed by atoms with Crippen LogP contribution in [0.3, 0.4) is 0 Å². The quantitative estimate of drug-likeness (QED) is 0.517. The summed E-state index contributed by atoms with van der Waals surface area (Å²) in [7, 11) is 1.58. The van der Waals surface area contributed by atoms with Crippen molar-refractivity contribution in [3.63, 3.8) is 0 Å². The average Bonchev–Trinajstić information content (AvgIpc) is 3.17. The van der Waals surface area contributed by atoms with Crippen LogP contribution in [0.4, 0.5) is 0 Å². The van der Waals surface area contributed by atoms with Crippen LogP contribution in [-0.2, 0) is 16.1 Å². The lowest BCUT2D eigenvalue weighted by molar-refractivity contribution is 0.0519. The van der Waals surface area contributed by atoms with Crippen LogP contribution in [0.2, 0.25) is 0 Å². The molecule has 29 heavy (non-hydrogen) atoms. The minimum atomic E-state index is -1.42. The van der Waals surface area contributed by atoms with Gasteiger partial charge in [0.1, 0.15) is 38.3 Å². The zero-order valence-corrected chi connectivity index (χ0v) is 18.7. The minimum absolute atomic E-state index is 0.253. The van der Waals surface area contributed by atoms with Gasteiger partial charge in [0, 0.05) is 23.4 Å². The number of hydrogen-bond donors (Lipinski definition) is 0. The molecule has 2 aromatic rings. The molecule has 7 nitrogen and oxygen atoms in total. The Balaban J connectivity index is 1.97. The highest BCUT2D eigenvalue weighted by Crippen LogP contribution is 2.39. The molecular formula is C20H24N2O5S2. The summed E-state index contributed by atoms with van der Waals surface area (Å²) in [6.45, 7) is 7.67. The molecule has 0 fully saturated rings. The van der Waals surface area contributed by atoms with E-state index in [2.05, 4.69) is 9.38 Å². The molecule has 0 saturated heterocycles. The summed E-state index contributed by atoms with van der Waals surface area (Å²) in [5.74, 6) is 0.765. The molecule has 0 aliphatic carbocycles. The topological polar surface area (TPSA) is 93.1 Å². The fraction of sp³-hybridized carbons (Fsp3) is 0.450. The summed E-state index contributed by atoms with van der Waals surface area (Å²) in [6, 6.07) is 5.45. The number of carbonyl (C=O) groups is 1. The van der Waals surface area contributed by atoms with E-state index in [1.54, 1.807) is 25.5 Å². The van der Waals surface area contributed by atoms with Crippen LogP contribution < -0.4 is 9.47 Å². The van der Waals surface area contributed by atoms with Gasteiger partial charge in [-0.25, -0.2) is 9.78 Å². The van der Waals surface area contributed by atoms with Gasteiger partial charge in [-0.2, -0.15) is 0 Å². The van der Waals surface area contributed by atoms with Gasteiger partial charge < -0.3 is 18.8 Å². The number of ether oxygens (including phenoxy) is 3. The third-order valence-corrected chi connectivity index (χ3v) is 6.52. The third-order valence-electron chi connectivity index (χ3n) is 4.15. The zero-order chi connectivity index (χ0) is 21.2. The molecular weight excluding hydrogens is 412 g/mol. The highest BCUT2D eigenvalue weighted by molar-refractivity contribution is 7.91. The van der Waals surface area contributed by atoms with Crippen LogP contribution in [0.15, 0.2) is 28.0 Å². The molecule has 1 aliphatic rings. The van der Waals surface area contributed by atoms with Crippen molar-refractivity contribution in [1.29, 1.82) is 0 Å². The number of hydrogen-bond acceptors (Lipinski definition) is 8. The fourth-order valence-electron chi connectivity index (χ4n) is 2.64. The van der Waals surface area contributed by atoms with Crippen LogP contribution >= 0.6 is 11.3 Å². The molecule has 1 unspecified atom stereocenters. The maximum atomic E-state index is 12.7. The monoisotopic (exact) mass is 436 g/mol. The first kappa shape index (κ1) is 21.6. The second-order valence-electron chi connectivity index (χ2n) is 7.36. The van der Waals surface area contributed by atoms with E-state index in [4.69, 9.17) is 14.2 Å². The number of methoxy groups -OCH3 is 1. The highest BCUT2D eigenvalue weighted by Gasteiger charge is 2.33. The Bertz CT molecular complexity index is 920. The Hall–Kier alpha value is -2.10. The number of aromatic nitrogens is 1. The van der Waals surface area contributed by atoms with Gasteiger partial charge in [0.15, 0.2) is 11.8 Å². The summed E-state index contributed by atoms with van der Waals surface area (Å²) in [4.78, 5) is 16.3. The van der Waals surface area contributed by atoms with Gasteiger partial charge >= 0.3 is 5.97 Å². The number of benzene rings is 1. The van der Waals surface area contributed by atoms with E-state index in [-0.39, 0.29) is 12.3 Å². The number of thiazole rings is 1. The summed E-state index contributed by atoms with van der Waals surface area (Å²) >= 11 is -0.0931. The Kier molecular flexibility index (Phi) is 6.50. The van der Waals surface area contributed by atoms with E-state index in [0.29, 0.717) is 28.6 Å². The number of fused-ring (bicyclic) bond motifs is 1. The van der Waals surface area contributed by atoms with Crippen LogP contribution in [0.25, 0.3) is 0 Å². The van der Waals surface area contributed by atoms with Crippen molar-refractivity contribution < 1.29 is 23.6 Å². The van der Waals surface area contributed by atoms with Gasteiger partial charge in [-0.3, -0.25) is 0 Å². The van der Waals surface area contributed by atoms with E-state index in [1.807, 2.05) is 32.9 Å².